The maximum Gasteiger partial charge on any atom is 0.573 e. The highest BCUT2D eigenvalue weighted by Crippen LogP contribution is 2.25. The summed E-state index contributed by atoms with van der Waals surface area (Å²) in [6.07, 6.45) is -2.21. The van der Waals surface area contributed by atoms with E-state index in [9.17, 15) is 18.0 Å². The first-order chi connectivity index (χ1) is 13.3. The number of amides is 1. The summed E-state index contributed by atoms with van der Waals surface area (Å²) in [5, 5.41) is 0. The summed E-state index contributed by atoms with van der Waals surface area (Å²) in [6, 6.07) is 6.78. The van der Waals surface area contributed by atoms with Crippen molar-refractivity contribution in [3.63, 3.8) is 0 Å². The molecule has 1 fully saturated rings. The Balaban J connectivity index is 1.66. The lowest BCUT2D eigenvalue weighted by molar-refractivity contribution is -0.274. The minimum atomic E-state index is -4.82. The molecular formula is C18H18F3N3O4. The first-order valence-corrected chi connectivity index (χ1v) is 8.53. The van der Waals surface area contributed by atoms with Gasteiger partial charge in [-0.2, -0.15) is 4.98 Å². The Hall–Kier alpha value is -3.04. The third-order valence-electron chi connectivity index (χ3n) is 4.06. The first-order valence-electron chi connectivity index (χ1n) is 8.53. The molecule has 150 valence electrons. The second-order valence-electron chi connectivity index (χ2n) is 6.09. The first kappa shape index (κ1) is 19.7. The molecule has 1 atom stereocenters. The number of carbonyl (C=O) groups is 1. The fourth-order valence-electron chi connectivity index (χ4n) is 2.89. The zero-order valence-electron chi connectivity index (χ0n) is 15.0. The number of methoxy groups -OCH3 is 1. The van der Waals surface area contributed by atoms with E-state index in [4.69, 9.17) is 9.47 Å². The molecule has 1 aromatic heterocycles. The summed E-state index contributed by atoms with van der Waals surface area (Å²) in [6.45, 7) is 0.769. The molecule has 1 aliphatic heterocycles. The summed E-state index contributed by atoms with van der Waals surface area (Å²) in [5.41, 5.74) is 0.117. The van der Waals surface area contributed by atoms with Gasteiger partial charge in [0.05, 0.1) is 13.7 Å². The van der Waals surface area contributed by atoms with Crippen LogP contribution in [0.1, 0.15) is 23.2 Å². The topological polar surface area (TPSA) is 73.8 Å². The Labute approximate surface area is 159 Å². The molecule has 1 aliphatic rings. The van der Waals surface area contributed by atoms with Crippen molar-refractivity contribution in [1.29, 1.82) is 0 Å². The maximum absolute atomic E-state index is 12.7. The van der Waals surface area contributed by atoms with Crippen molar-refractivity contribution >= 4 is 5.91 Å². The number of hydrogen-bond acceptors (Lipinski definition) is 6. The van der Waals surface area contributed by atoms with E-state index in [1.54, 1.807) is 11.0 Å². The Bertz CT molecular complexity index is 832. The molecule has 0 N–H and O–H groups in total. The van der Waals surface area contributed by atoms with Crippen molar-refractivity contribution < 1.29 is 32.2 Å². The van der Waals surface area contributed by atoms with Gasteiger partial charge in [0.25, 0.3) is 5.91 Å². The zero-order valence-corrected chi connectivity index (χ0v) is 15.0. The summed E-state index contributed by atoms with van der Waals surface area (Å²) in [4.78, 5) is 22.2. The summed E-state index contributed by atoms with van der Waals surface area (Å²) in [7, 11) is 1.44. The van der Waals surface area contributed by atoms with Crippen molar-refractivity contribution in [2.75, 3.05) is 20.2 Å². The molecule has 0 spiro atoms. The number of nitrogens with zero attached hydrogens (tertiary/aromatic N) is 3. The average Bonchev–Trinajstić information content (AvgIpc) is 2.66. The molecule has 3 rings (SSSR count). The molecule has 1 amide bonds. The molecule has 2 aromatic rings. The second-order valence-corrected chi connectivity index (χ2v) is 6.09. The van der Waals surface area contributed by atoms with Crippen LogP contribution in [0, 0.1) is 0 Å². The van der Waals surface area contributed by atoms with Crippen LogP contribution in [-0.4, -0.2) is 53.4 Å². The molecule has 2 heterocycles. The molecule has 0 saturated carbocycles. The van der Waals surface area contributed by atoms with E-state index in [2.05, 4.69) is 14.7 Å². The van der Waals surface area contributed by atoms with E-state index in [0.29, 0.717) is 25.3 Å². The minimum absolute atomic E-state index is 0.117. The number of hydrogen-bond donors (Lipinski definition) is 0. The standard InChI is InChI=1S/C18H18F3N3O4/c1-26-17-22-8-7-15(23-17)27-14-6-3-9-24(11-14)16(25)12-4-2-5-13(10-12)28-18(19,20)21/h2,4-5,7-8,10,14H,3,6,9,11H2,1H3. The quantitative estimate of drug-likeness (QED) is 0.772. The molecule has 10 heteroatoms. The lowest BCUT2D eigenvalue weighted by atomic mass is 10.1. The number of benzene rings is 1. The monoisotopic (exact) mass is 397 g/mol. The van der Waals surface area contributed by atoms with Crippen LogP contribution in [0.25, 0.3) is 0 Å². The Morgan fingerprint density at radius 1 is 1.29 bits per heavy atom. The molecule has 0 radical (unpaired) electrons. The van der Waals surface area contributed by atoms with Gasteiger partial charge in [-0.15, -0.1) is 13.2 Å². The third-order valence-corrected chi connectivity index (χ3v) is 4.06. The number of aromatic nitrogens is 2. The summed E-state index contributed by atoms with van der Waals surface area (Å²) in [5.74, 6) is -0.496. The molecule has 0 aliphatic carbocycles. The van der Waals surface area contributed by atoms with Gasteiger partial charge < -0.3 is 19.1 Å². The van der Waals surface area contributed by atoms with Gasteiger partial charge in [-0.3, -0.25) is 4.79 Å². The van der Waals surface area contributed by atoms with Crippen molar-refractivity contribution in [2.24, 2.45) is 0 Å². The molecular weight excluding hydrogens is 379 g/mol. The fourth-order valence-corrected chi connectivity index (χ4v) is 2.89. The van der Waals surface area contributed by atoms with Gasteiger partial charge in [-0.1, -0.05) is 6.07 Å². The predicted molar refractivity (Wildman–Crippen MR) is 91.3 cm³/mol. The predicted octanol–water partition coefficient (Wildman–Crippen LogP) is 3.07. The number of likely N-dealkylation sites (tertiary alicyclic amines) is 1. The highest BCUT2D eigenvalue weighted by atomic mass is 19.4. The second kappa shape index (κ2) is 8.32. The summed E-state index contributed by atoms with van der Waals surface area (Å²) >= 11 is 0. The van der Waals surface area contributed by atoms with E-state index >= 15 is 0 Å². The largest absolute Gasteiger partial charge is 0.573 e. The van der Waals surface area contributed by atoms with Crippen LogP contribution in [0.15, 0.2) is 36.5 Å². The number of carbonyl (C=O) groups excluding carboxylic acids is 1. The van der Waals surface area contributed by atoms with Crippen molar-refractivity contribution in [3.05, 3.63) is 42.1 Å². The SMILES string of the molecule is COc1nccc(OC2CCCN(C(=O)c3cccc(OC(F)(F)F)c3)C2)n1. The van der Waals surface area contributed by atoms with Crippen LogP contribution in [0.5, 0.6) is 17.6 Å². The Kier molecular flexibility index (Phi) is 5.86. The number of alkyl halides is 3. The van der Waals surface area contributed by atoms with E-state index in [1.807, 2.05) is 0 Å². The Morgan fingerprint density at radius 2 is 2.11 bits per heavy atom. The highest BCUT2D eigenvalue weighted by Gasteiger charge is 2.32. The number of halogens is 3. The van der Waals surface area contributed by atoms with Gasteiger partial charge in [0.2, 0.25) is 5.88 Å². The normalized spacial score (nSPS) is 17.1. The zero-order chi connectivity index (χ0) is 20.1. The third kappa shape index (κ3) is 5.24. The average molecular weight is 397 g/mol. The van der Waals surface area contributed by atoms with Crippen molar-refractivity contribution in [2.45, 2.75) is 25.3 Å². The van der Waals surface area contributed by atoms with Gasteiger partial charge in [0.15, 0.2) is 0 Å². The van der Waals surface area contributed by atoms with Crippen LogP contribution in [0.3, 0.4) is 0 Å². The fraction of sp³-hybridized carbons (Fsp3) is 0.389. The molecule has 1 aromatic carbocycles. The lowest BCUT2D eigenvalue weighted by Crippen LogP contribution is -2.44. The van der Waals surface area contributed by atoms with Crippen LogP contribution >= 0.6 is 0 Å². The molecule has 1 saturated heterocycles. The number of rotatable bonds is 5. The van der Waals surface area contributed by atoms with Gasteiger partial charge in [-0.25, -0.2) is 4.98 Å². The number of ether oxygens (including phenoxy) is 3. The summed E-state index contributed by atoms with van der Waals surface area (Å²) < 4.78 is 51.8. The molecule has 28 heavy (non-hydrogen) atoms. The number of piperidine rings is 1. The van der Waals surface area contributed by atoms with Crippen LogP contribution in [0.4, 0.5) is 13.2 Å². The van der Waals surface area contributed by atoms with Gasteiger partial charge in [-0.05, 0) is 31.0 Å². The highest BCUT2D eigenvalue weighted by molar-refractivity contribution is 5.94. The van der Waals surface area contributed by atoms with E-state index in [1.165, 1.54) is 25.4 Å². The van der Waals surface area contributed by atoms with Gasteiger partial charge in [0, 0.05) is 24.4 Å². The van der Waals surface area contributed by atoms with Crippen LogP contribution in [-0.2, 0) is 0 Å². The van der Waals surface area contributed by atoms with Gasteiger partial charge in [0.1, 0.15) is 11.9 Å². The maximum atomic E-state index is 12.7. The van der Waals surface area contributed by atoms with Crippen LogP contribution < -0.4 is 14.2 Å². The lowest BCUT2D eigenvalue weighted by Gasteiger charge is -2.32. The smallest absolute Gasteiger partial charge is 0.472 e. The molecule has 1 unspecified atom stereocenters. The van der Waals surface area contributed by atoms with Gasteiger partial charge >= 0.3 is 12.4 Å². The van der Waals surface area contributed by atoms with Crippen molar-refractivity contribution in [3.8, 4) is 17.6 Å². The van der Waals surface area contributed by atoms with Crippen molar-refractivity contribution in [1.82, 2.24) is 14.9 Å². The van der Waals surface area contributed by atoms with E-state index in [-0.39, 0.29) is 30.1 Å². The molecule has 0 bridgehead atoms. The Morgan fingerprint density at radius 3 is 2.86 bits per heavy atom. The van der Waals surface area contributed by atoms with E-state index in [0.717, 1.165) is 12.1 Å². The minimum Gasteiger partial charge on any atom is -0.472 e. The molecule has 7 nitrogen and oxygen atoms in total. The van der Waals surface area contributed by atoms with Crippen LogP contribution in [0.2, 0.25) is 0 Å². The van der Waals surface area contributed by atoms with E-state index < -0.39 is 12.1 Å².